The fraction of sp³-hybridized carbons (Fsp3) is 0.875. The van der Waals surface area contributed by atoms with Crippen LogP contribution in [0.3, 0.4) is 0 Å². The first-order chi connectivity index (χ1) is 9.65. The molecular formula is C16H23NO3. The summed E-state index contributed by atoms with van der Waals surface area (Å²) in [7, 11) is 0. The Balaban J connectivity index is 1.39. The molecule has 4 heteroatoms. The van der Waals surface area contributed by atoms with Crippen LogP contribution < -0.4 is 0 Å². The lowest BCUT2D eigenvalue weighted by molar-refractivity contribution is -0.141. The number of piperidine rings is 1. The SMILES string of the molecule is O=C(O)CC1CCCN(C(=O)C2C3C4CCC(C4)C23)C1. The molecule has 1 heterocycles. The maximum atomic E-state index is 12.7. The van der Waals surface area contributed by atoms with E-state index >= 15 is 0 Å². The number of likely N-dealkylation sites (tertiary alicyclic amines) is 1. The number of rotatable bonds is 3. The molecule has 4 aliphatic rings. The van der Waals surface area contributed by atoms with Crippen LogP contribution in [0.4, 0.5) is 0 Å². The number of carbonyl (C=O) groups is 2. The number of hydrogen-bond acceptors (Lipinski definition) is 2. The van der Waals surface area contributed by atoms with Gasteiger partial charge in [0.1, 0.15) is 0 Å². The van der Waals surface area contributed by atoms with Crippen LogP contribution in [0.15, 0.2) is 0 Å². The average Bonchev–Trinajstić information content (AvgIpc) is 2.85. The number of carboxylic acid groups (broad SMARTS) is 1. The molecule has 3 aliphatic carbocycles. The van der Waals surface area contributed by atoms with Gasteiger partial charge in [0.15, 0.2) is 0 Å². The normalized spacial score (nSPS) is 45.3. The Labute approximate surface area is 119 Å². The molecule has 0 aromatic rings. The third-order valence-corrected chi connectivity index (χ3v) is 6.31. The summed E-state index contributed by atoms with van der Waals surface area (Å²) in [6.45, 7) is 1.52. The highest BCUT2D eigenvalue weighted by Crippen LogP contribution is 2.69. The van der Waals surface area contributed by atoms with E-state index in [-0.39, 0.29) is 12.3 Å². The Morgan fingerprint density at radius 1 is 1.10 bits per heavy atom. The number of carbonyl (C=O) groups excluding carboxylic acids is 1. The minimum Gasteiger partial charge on any atom is -0.481 e. The summed E-state index contributed by atoms with van der Waals surface area (Å²) >= 11 is 0. The Kier molecular flexibility index (Phi) is 2.83. The zero-order chi connectivity index (χ0) is 13.9. The number of nitrogens with zero attached hydrogens (tertiary/aromatic N) is 1. The van der Waals surface area contributed by atoms with Crippen LogP contribution in [0.25, 0.3) is 0 Å². The van der Waals surface area contributed by atoms with Crippen molar-refractivity contribution in [2.45, 2.75) is 38.5 Å². The molecule has 0 aromatic carbocycles. The van der Waals surface area contributed by atoms with Crippen LogP contribution in [-0.4, -0.2) is 35.0 Å². The Morgan fingerprint density at radius 2 is 1.80 bits per heavy atom. The monoisotopic (exact) mass is 277 g/mol. The van der Waals surface area contributed by atoms with Gasteiger partial charge in [0, 0.05) is 25.4 Å². The van der Waals surface area contributed by atoms with Gasteiger partial charge in [-0.3, -0.25) is 9.59 Å². The summed E-state index contributed by atoms with van der Waals surface area (Å²) in [5, 5.41) is 8.92. The van der Waals surface area contributed by atoms with Crippen molar-refractivity contribution in [1.29, 1.82) is 0 Å². The highest BCUT2D eigenvalue weighted by molar-refractivity contribution is 5.83. The third kappa shape index (κ3) is 1.87. The lowest BCUT2D eigenvalue weighted by Crippen LogP contribution is -2.42. The quantitative estimate of drug-likeness (QED) is 0.858. The van der Waals surface area contributed by atoms with E-state index in [1.165, 1.54) is 19.3 Å². The third-order valence-electron chi connectivity index (χ3n) is 6.31. The van der Waals surface area contributed by atoms with E-state index in [1.807, 2.05) is 4.90 Å². The van der Waals surface area contributed by atoms with Gasteiger partial charge in [0.05, 0.1) is 0 Å². The highest BCUT2D eigenvalue weighted by Gasteiger charge is 2.68. The zero-order valence-corrected chi connectivity index (χ0v) is 11.8. The maximum Gasteiger partial charge on any atom is 0.303 e. The molecule has 5 unspecified atom stereocenters. The molecule has 4 fully saturated rings. The van der Waals surface area contributed by atoms with Gasteiger partial charge in [0.25, 0.3) is 0 Å². The van der Waals surface area contributed by atoms with Crippen LogP contribution in [0.1, 0.15) is 38.5 Å². The lowest BCUT2D eigenvalue weighted by Gasteiger charge is -2.33. The average molecular weight is 277 g/mol. The molecule has 0 aromatic heterocycles. The van der Waals surface area contributed by atoms with E-state index in [9.17, 15) is 9.59 Å². The number of aliphatic carboxylic acids is 1. The topological polar surface area (TPSA) is 57.6 Å². The van der Waals surface area contributed by atoms with Gasteiger partial charge >= 0.3 is 5.97 Å². The molecule has 4 rings (SSSR count). The standard InChI is InChI=1S/C16H23NO3/c18-12(19)6-9-2-1-5-17(8-9)16(20)15-13-10-3-4-11(7-10)14(13)15/h9-11,13-15H,1-8H2,(H,18,19). The van der Waals surface area contributed by atoms with Crippen molar-refractivity contribution in [1.82, 2.24) is 4.90 Å². The van der Waals surface area contributed by atoms with Crippen molar-refractivity contribution in [3.8, 4) is 0 Å². The van der Waals surface area contributed by atoms with Crippen LogP contribution in [0, 0.1) is 35.5 Å². The van der Waals surface area contributed by atoms with Gasteiger partial charge in [-0.25, -0.2) is 0 Å². The molecule has 4 nitrogen and oxygen atoms in total. The molecule has 1 N–H and O–H groups in total. The fourth-order valence-electron chi connectivity index (χ4n) is 5.54. The maximum absolute atomic E-state index is 12.7. The molecule has 20 heavy (non-hydrogen) atoms. The molecule has 0 spiro atoms. The molecule has 1 amide bonds. The van der Waals surface area contributed by atoms with Crippen molar-refractivity contribution in [3.63, 3.8) is 0 Å². The smallest absolute Gasteiger partial charge is 0.303 e. The van der Waals surface area contributed by atoms with Gasteiger partial charge in [0.2, 0.25) is 5.91 Å². The number of fused-ring (bicyclic) bond motifs is 5. The van der Waals surface area contributed by atoms with E-state index in [4.69, 9.17) is 5.11 Å². The summed E-state index contributed by atoms with van der Waals surface area (Å²) in [6, 6.07) is 0. The Bertz CT molecular complexity index is 433. The van der Waals surface area contributed by atoms with Gasteiger partial charge < -0.3 is 10.0 Å². The molecule has 110 valence electrons. The van der Waals surface area contributed by atoms with E-state index in [0.717, 1.165) is 31.2 Å². The minimum atomic E-state index is -0.731. The summed E-state index contributed by atoms with van der Waals surface area (Å²) in [5.41, 5.74) is 0. The number of hydrogen-bond donors (Lipinski definition) is 1. The van der Waals surface area contributed by atoms with E-state index in [0.29, 0.717) is 30.2 Å². The Hall–Kier alpha value is -1.06. The fourth-order valence-corrected chi connectivity index (χ4v) is 5.54. The molecular weight excluding hydrogens is 254 g/mol. The molecule has 0 radical (unpaired) electrons. The zero-order valence-electron chi connectivity index (χ0n) is 11.8. The summed E-state index contributed by atoms with van der Waals surface area (Å²) in [6.07, 6.45) is 6.21. The number of amides is 1. The highest BCUT2D eigenvalue weighted by atomic mass is 16.4. The lowest BCUT2D eigenvalue weighted by atomic mass is 9.93. The van der Waals surface area contributed by atoms with Crippen molar-refractivity contribution >= 4 is 11.9 Å². The largest absolute Gasteiger partial charge is 0.481 e. The van der Waals surface area contributed by atoms with Crippen LogP contribution in [0.2, 0.25) is 0 Å². The second-order valence-electron chi connectivity index (χ2n) is 7.40. The van der Waals surface area contributed by atoms with Crippen molar-refractivity contribution < 1.29 is 14.7 Å². The predicted molar refractivity (Wildman–Crippen MR) is 72.9 cm³/mol. The molecule has 5 atom stereocenters. The van der Waals surface area contributed by atoms with Gasteiger partial charge in [-0.1, -0.05) is 0 Å². The van der Waals surface area contributed by atoms with Crippen LogP contribution in [-0.2, 0) is 9.59 Å². The molecule has 3 saturated carbocycles. The van der Waals surface area contributed by atoms with Crippen LogP contribution in [0.5, 0.6) is 0 Å². The van der Waals surface area contributed by atoms with E-state index in [2.05, 4.69) is 0 Å². The first kappa shape index (κ1) is 12.7. The van der Waals surface area contributed by atoms with Crippen LogP contribution >= 0.6 is 0 Å². The minimum absolute atomic E-state index is 0.167. The summed E-state index contributed by atoms with van der Waals surface area (Å²) in [4.78, 5) is 25.5. The van der Waals surface area contributed by atoms with E-state index in [1.54, 1.807) is 0 Å². The van der Waals surface area contributed by atoms with Gasteiger partial charge in [-0.05, 0) is 61.7 Å². The predicted octanol–water partition coefficient (Wildman–Crippen LogP) is 1.99. The molecule has 1 saturated heterocycles. The first-order valence-corrected chi connectivity index (χ1v) is 8.15. The van der Waals surface area contributed by atoms with Crippen molar-refractivity contribution in [3.05, 3.63) is 0 Å². The van der Waals surface area contributed by atoms with E-state index < -0.39 is 5.97 Å². The molecule has 2 bridgehead atoms. The summed E-state index contributed by atoms with van der Waals surface area (Å²) < 4.78 is 0. The first-order valence-electron chi connectivity index (χ1n) is 8.15. The summed E-state index contributed by atoms with van der Waals surface area (Å²) in [5.74, 6) is 3.15. The second-order valence-corrected chi connectivity index (χ2v) is 7.40. The van der Waals surface area contributed by atoms with Gasteiger partial charge in [-0.2, -0.15) is 0 Å². The van der Waals surface area contributed by atoms with Gasteiger partial charge in [-0.15, -0.1) is 0 Å². The Morgan fingerprint density at radius 3 is 2.45 bits per heavy atom. The van der Waals surface area contributed by atoms with Crippen molar-refractivity contribution in [2.24, 2.45) is 35.5 Å². The second kappa shape index (κ2) is 4.47. The number of carboxylic acids is 1. The molecule has 1 aliphatic heterocycles. The van der Waals surface area contributed by atoms with Crippen molar-refractivity contribution in [2.75, 3.05) is 13.1 Å².